The fraction of sp³-hybridized carbons (Fsp3) is 0.509. The predicted octanol–water partition coefficient (Wildman–Crippen LogP) is -3.37. The summed E-state index contributed by atoms with van der Waals surface area (Å²) in [5.74, 6) is -6.88. The van der Waals surface area contributed by atoms with Crippen molar-refractivity contribution in [2.24, 2.45) is 5.73 Å². The Morgan fingerprint density at radius 1 is 0.707 bits per heavy atom. The van der Waals surface area contributed by atoms with Gasteiger partial charge in [0.25, 0.3) is 0 Å². The Bertz CT molecular complexity index is 2730. The highest BCUT2D eigenvalue weighted by molar-refractivity contribution is 8.76. The molecule has 6 rings (SSSR count). The summed E-state index contributed by atoms with van der Waals surface area (Å²) in [6.45, 7) is 1.32. The van der Waals surface area contributed by atoms with Crippen LogP contribution in [0.15, 0.2) is 91.1 Å². The molecule has 2 aliphatic heterocycles. The quantitative estimate of drug-likeness (QED) is 0.0303. The number of fused-ring (bicyclic) bond motifs is 1. The van der Waals surface area contributed by atoms with Gasteiger partial charge in [0.2, 0.25) is 41.4 Å². The number of rotatable bonds is 20. The van der Waals surface area contributed by atoms with Crippen LogP contribution in [-0.2, 0) is 57.6 Å². The third-order valence-corrected chi connectivity index (χ3v) is 16.5. The van der Waals surface area contributed by atoms with Crippen LogP contribution >= 0.6 is 21.6 Å². The molecule has 0 spiro atoms. The number of H-pyrrole nitrogens is 1. The van der Waals surface area contributed by atoms with Gasteiger partial charge >= 0.3 is 0 Å². The molecule has 2 aliphatic rings. The van der Waals surface area contributed by atoms with E-state index < -0.39 is 146 Å². The first-order valence-electron chi connectivity index (χ1n) is 27.1. The van der Waals surface area contributed by atoms with Crippen molar-refractivity contribution in [3.05, 3.63) is 108 Å². The highest BCUT2D eigenvalue weighted by Gasteiger charge is 2.45. The predicted molar refractivity (Wildman–Crippen MR) is 305 cm³/mol. The minimum Gasteiger partial charge on any atom is -0.394 e. The molecule has 1 aromatic heterocycles. The molecule has 0 saturated carbocycles. The maximum Gasteiger partial charge on any atom is 0.245 e. The summed E-state index contributed by atoms with van der Waals surface area (Å²) >= 11 is 0. The number of amides is 7. The van der Waals surface area contributed by atoms with Crippen LogP contribution in [0.25, 0.3) is 10.9 Å². The van der Waals surface area contributed by atoms with Crippen LogP contribution in [0.1, 0.15) is 49.8 Å². The maximum absolute atomic E-state index is 15.0. The highest BCUT2D eigenvalue weighted by Crippen LogP contribution is 2.25. The lowest BCUT2D eigenvalue weighted by molar-refractivity contribution is -0.238. The van der Waals surface area contributed by atoms with Gasteiger partial charge in [0.1, 0.15) is 66.9 Å². The zero-order chi connectivity index (χ0) is 59.5. The lowest BCUT2D eigenvalue weighted by Crippen LogP contribution is -2.66. The first-order chi connectivity index (χ1) is 39.3. The van der Waals surface area contributed by atoms with Crippen molar-refractivity contribution in [2.45, 2.75) is 144 Å². The van der Waals surface area contributed by atoms with Crippen molar-refractivity contribution >= 4 is 73.8 Å². The van der Waals surface area contributed by atoms with Crippen LogP contribution in [0.2, 0.25) is 0 Å². The average Bonchev–Trinajstić information content (AvgIpc) is 3.94. The summed E-state index contributed by atoms with van der Waals surface area (Å²) in [4.78, 5) is 105. The van der Waals surface area contributed by atoms with Crippen molar-refractivity contribution in [2.75, 3.05) is 31.3 Å². The first-order valence-corrected chi connectivity index (χ1v) is 29.5. The smallest absolute Gasteiger partial charge is 0.245 e. The van der Waals surface area contributed by atoms with Gasteiger partial charge in [0.05, 0.1) is 37.5 Å². The van der Waals surface area contributed by atoms with E-state index in [1.54, 1.807) is 72.9 Å². The van der Waals surface area contributed by atoms with Gasteiger partial charge < -0.3 is 88.4 Å². The number of aliphatic hydroxyl groups excluding tert-OH is 7. The molecule has 3 heterocycles. The van der Waals surface area contributed by atoms with Gasteiger partial charge in [-0.25, -0.2) is 0 Å². The van der Waals surface area contributed by atoms with E-state index in [2.05, 4.69) is 47.5 Å². The largest absolute Gasteiger partial charge is 0.394 e. The van der Waals surface area contributed by atoms with Crippen LogP contribution < -0.4 is 48.3 Å². The number of carbonyl (C=O) groups excluding carboxylic acids is 7. The zero-order valence-corrected chi connectivity index (χ0v) is 47.0. The van der Waals surface area contributed by atoms with Crippen LogP contribution in [0, 0.1) is 0 Å². The fourth-order valence-corrected chi connectivity index (χ4v) is 11.6. The van der Waals surface area contributed by atoms with Crippen LogP contribution in [-0.4, -0.2) is 205 Å². The Balaban J connectivity index is 1.42. The van der Waals surface area contributed by atoms with Crippen molar-refractivity contribution in [1.82, 2.24) is 47.5 Å². The average molecular weight is 1180 g/mol. The fourth-order valence-electron chi connectivity index (χ4n) is 9.28. The number of aromatic nitrogens is 1. The first kappa shape index (κ1) is 65.0. The summed E-state index contributed by atoms with van der Waals surface area (Å²) in [6, 6.07) is 12.9. The number of hydrogen-bond acceptors (Lipinski definition) is 19. The second kappa shape index (κ2) is 32.0. The van der Waals surface area contributed by atoms with Crippen LogP contribution in [0.5, 0.6) is 0 Å². The Morgan fingerprint density at radius 2 is 1.32 bits per heavy atom. The second-order valence-electron chi connectivity index (χ2n) is 20.3. The van der Waals surface area contributed by atoms with Gasteiger partial charge in [-0.15, -0.1) is 0 Å². The zero-order valence-electron chi connectivity index (χ0n) is 45.4. The lowest BCUT2D eigenvalue weighted by atomic mass is 9.97. The number of unbranched alkanes of at least 4 members (excludes halogenated alkanes) is 1. The van der Waals surface area contributed by atoms with Gasteiger partial charge in [-0.2, -0.15) is 0 Å². The summed E-state index contributed by atoms with van der Waals surface area (Å²) in [6.07, 6.45) is -9.05. The highest BCUT2D eigenvalue weighted by atomic mass is 33.1. The lowest BCUT2D eigenvalue weighted by Gasteiger charge is -2.41. The van der Waals surface area contributed by atoms with E-state index in [-0.39, 0.29) is 43.7 Å². The molecule has 0 radical (unpaired) electrons. The molecule has 3 aromatic carbocycles. The van der Waals surface area contributed by atoms with E-state index in [0.29, 0.717) is 29.5 Å². The van der Waals surface area contributed by atoms with E-state index in [4.69, 9.17) is 10.5 Å². The minimum absolute atomic E-state index is 0.0124. The Hall–Kier alpha value is -6.21. The molecule has 82 heavy (non-hydrogen) atoms. The molecule has 7 amide bonds. The number of hydrogen-bond donors (Lipinski definition) is 17. The molecule has 3 unspecified atom stereocenters. The molecule has 15 atom stereocenters. The van der Waals surface area contributed by atoms with Gasteiger partial charge in [-0.05, 0) is 68.8 Å². The van der Waals surface area contributed by atoms with Crippen LogP contribution in [0.3, 0.4) is 0 Å². The third-order valence-electron chi connectivity index (χ3n) is 14.1. The Kier molecular flexibility index (Phi) is 25.4. The number of nitrogens with one attached hydrogen (secondary N) is 9. The maximum atomic E-state index is 15.0. The normalized spacial score (nSPS) is 27.0. The summed E-state index contributed by atoms with van der Waals surface area (Å²) < 4.78 is 5.72. The van der Waals surface area contributed by atoms with Crippen LogP contribution in [0.4, 0.5) is 0 Å². The molecule has 25 nitrogen and oxygen atoms in total. The second-order valence-corrected chi connectivity index (χ2v) is 22.9. The summed E-state index contributed by atoms with van der Waals surface area (Å²) in [5.41, 5.74) is 8.32. The molecule has 4 aromatic rings. The number of para-hydroxylation sites is 1. The monoisotopic (exact) mass is 1180 g/mol. The van der Waals surface area contributed by atoms with Crippen molar-refractivity contribution < 1.29 is 74.0 Å². The summed E-state index contributed by atoms with van der Waals surface area (Å²) in [5, 5.41) is 95.8. The molecule has 27 heteroatoms. The topological polar surface area (TPSA) is 408 Å². The van der Waals surface area contributed by atoms with E-state index >= 15 is 4.79 Å². The molecule has 18 N–H and O–H groups in total. The molecular weight excluding hydrogens is 1100 g/mol. The van der Waals surface area contributed by atoms with Gasteiger partial charge in [-0.1, -0.05) is 100 Å². The standard InChI is InChI=1S/C55H76N10O15S2/c1-29(68)40(25-66)61-53(78)42-28-82-81-27-41(62-50(75)38(22-32-15-7-4-8-16-32)64-55-47(72)46(71)45(70)43(26-67)80-55)52(77)59-37(21-31-13-5-3-6-14-31)49(74)60-39(23-33-24-57-35-18-10-9-17-34(33)35)51(76)58-36(19-11-12-20-56)48(73)65-44(30(2)69)54(79)63-42/h3-10,13-18,24,29-30,36-47,55,57,64,66-72H,11-12,19-23,25-28,56H2,1-2H3,(H,58,76)(H,59,77)(H,60,74)(H,61,78)(H,62,75)(H,63,79)(H,65,73)/t29-,30-,36+,37?,38-,39-,40-,41+,42?,43-,44?,45-,46+,47-,55-/m1/s1. The molecular formula is C55H76N10O15S2. The van der Waals surface area contributed by atoms with Gasteiger partial charge in [0, 0.05) is 41.4 Å². The third kappa shape index (κ3) is 18.4. The number of ether oxygens (including phenoxy) is 1. The number of aliphatic hydroxyl groups is 7. The molecule has 448 valence electrons. The molecule has 0 bridgehead atoms. The molecule has 2 fully saturated rings. The van der Waals surface area contributed by atoms with E-state index in [9.17, 15) is 64.5 Å². The number of aromatic amines is 1. The van der Waals surface area contributed by atoms with Gasteiger partial charge in [-0.3, -0.25) is 38.9 Å². The summed E-state index contributed by atoms with van der Waals surface area (Å²) in [7, 11) is 1.89. The Labute approximate surface area is 481 Å². The van der Waals surface area contributed by atoms with Gasteiger partial charge in [0.15, 0.2) is 0 Å². The van der Waals surface area contributed by atoms with E-state index in [0.717, 1.165) is 32.5 Å². The SMILES string of the molecule is C[C@@H](O)C1NC(=O)[C@H](CCCCN)NC(=O)[C@@H](Cc2c[nH]c3ccccc23)NC(=O)C(Cc2ccccc2)NC(=O)[C@@H](NC(=O)[C@@H](Cc2ccccc2)N[C@@H]2O[C@H](CO)[C@@H](O)[C@H](O)[C@H]2O)CSSCC(C(=O)N[C@H](CO)[C@@H](C)O)NC1=O. The number of benzene rings is 3. The molecule has 2 saturated heterocycles. The van der Waals surface area contributed by atoms with Crippen molar-refractivity contribution in [3.8, 4) is 0 Å². The Morgan fingerprint density at radius 3 is 1.96 bits per heavy atom. The minimum atomic E-state index is -1.81. The van der Waals surface area contributed by atoms with Crippen molar-refractivity contribution in [3.63, 3.8) is 0 Å². The van der Waals surface area contributed by atoms with E-state index in [1.807, 2.05) is 18.2 Å². The molecule has 0 aliphatic carbocycles. The van der Waals surface area contributed by atoms with E-state index in [1.165, 1.54) is 13.8 Å². The number of carbonyl (C=O) groups is 7. The van der Waals surface area contributed by atoms with Crippen molar-refractivity contribution in [1.29, 1.82) is 0 Å². The number of nitrogens with two attached hydrogens (primary N) is 1.